The highest BCUT2D eigenvalue weighted by Gasteiger charge is 2.14. The lowest BCUT2D eigenvalue weighted by atomic mass is 9.93. The Bertz CT molecular complexity index is 485. The minimum absolute atomic E-state index is 0.100. The van der Waals surface area contributed by atoms with Crippen molar-refractivity contribution >= 4 is 5.91 Å². The van der Waals surface area contributed by atoms with Crippen LogP contribution < -0.4 is 20.1 Å². The SMILES string of the molecule is COc1ccc(OC)c(CNC(=O)CCC2CCNCC2)c1. The number of benzene rings is 1. The van der Waals surface area contributed by atoms with E-state index < -0.39 is 0 Å². The summed E-state index contributed by atoms with van der Waals surface area (Å²) in [5.41, 5.74) is 0.928. The zero-order valence-corrected chi connectivity index (χ0v) is 13.5. The largest absolute Gasteiger partial charge is 0.497 e. The van der Waals surface area contributed by atoms with E-state index >= 15 is 0 Å². The Kier molecular flexibility index (Phi) is 6.52. The molecule has 0 spiro atoms. The van der Waals surface area contributed by atoms with Gasteiger partial charge in [-0.3, -0.25) is 4.79 Å². The van der Waals surface area contributed by atoms with Gasteiger partial charge in [-0.05, 0) is 56.5 Å². The van der Waals surface area contributed by atoms with Gasteiger partial charge in [-0.25, -0.2) is 0 Å². The highest BCUT2D eigenvalue weighted by Crippen LogP contribution is 2.24. The molecule has 0 aliphatic carbocycles. The number of ether oxygens (including phenoxy) is 2. The van der Waals surface area contributed by atoms with Gasteiger partial charge in [0.2, 0.25) is 5.91 Å². The summed E-state index contributed by atoms with van der Waals surface area (Å²) in [7, 11) is 3.26. The van der Waals surface area contributed by atoms with Gasteiger partial charge in [0.1, 0.15) is 11.5 Å². The quantitative estimate of drug-likeness (QED) is 0.810. The summed E-state index contributed by atoms with van der Waals surface area (Å²) in [6, 6.07) is 5.60. The fourth-order valence-corrected chi connectivity index (χ4v) is 2.81. The third-order valence-corrected chi connectivity index (χ3v) is 4.20. The lowest BCUT2D eigenvalue weighted by molar-refractivity contribution is -0.121. The molecule has 1 aliphatic heterocycles. The molecule has 5 heteroatoms. The number of nitrogens with one attached hydrogen (secondary N) is 2. The van der Waals surface area contributed by atoms with Crippen LogP contribution in [0.5, 0.6) is 11.5 Å². The molecule has 0 aromatic heterocycles. The Balaban J connectivity index is 1.80. The number of hydrogen-bond acceptors (Lipinski definition) is 4. The number of hydrogen-bond donors (Lipinski definition) is 2. The Morgan fingerprint density at radius 1 is 1.27 bits per heavy atom. The molecule has 1 saturated heterocycles. The minimum atomic E-state index is 0.100. The van der Waals surface area contributed by atoms with Gasteiger partial charge in [0.05, 0.1) is 14.2 Å². The molecule has 0 atom stereocenters. The van der Waals surface area contributed by atoms with Crippen LogP contribution in [0.1, 0.15) is 31.2 Å². The van der Waals surface area contributed by atoms with Gasteiger partial charge in [0.15, 0.2) is 0 Å². The van der Waals surface area contributed by atoms with Crippen molar-refractivity contribution < 1.29 is 14.3 Å². The molecular formula is C17H26N2O3. The van der Waals surface area contributed by atoms with Gasteiger partial charge in [0, 0.05) is 18.5 Å². The van der Waals surface area contributed by atoms with E-state index in [4.69, 9.17) is 9.47 Å². The average molecular weight is 306 g/mol. The van der Waals surface area contributed by atoms with Gasteiger partial charge < -0.3 is 20.1 Å². The van der Waals surface area contributed by atoms with Crippen LogP contribution in [0.15, 0.2) is 18.2 Å². The number of piperidine rings is 1. The topological polar surface area (TPSA) is 59.6 Å². The molecule has 0 unspecified atom stereocenters. The average Bonchev–Trinajstić information content (AvgIpc) is 2.58. The van der Waals surface area contributed by atoms with Crippen LogP contribution in [-0.4, -0.2) is 33.2 Å². The van der Waals surface area contributed by atoms with E-state index in [1.807, 2.05) is 18.2 Å². The van der Waals surface area contributed by atoms with Crippen LogP contribution in [0.4, 0.5) is 0 Å². The maximum Gasteiger partial charge on any atom is 0.220 e. The van der Waals surface area contributed by atoms with Gasteiger partial charge >= 0.3 is 0 Å². The monoisotopic (exact) mass is 306 g/mol. The van der Waals surface area contributed by atoms with Crippen LogP contribution in [0.3, 0.4) is 0 Å². The van der Waals surface area contributed by atoms with Crippen molar-refractivity contribution in [2.45, 2.75) is 32.2 Å². The first-order valence-electron chi connectivity index (χ1n) is 7.91. The molecule has 0 saturated carbocycles. The molecule has 0 radical (unpaired) electrons. The first-order valence-corrected chi connectivity index (χ1v) is 7.91. The van der Waals surface area contributed by atoms with E-state index in [-0.39, 0.29) is 5.91 Å². The molecule has 1 aliphatic rings. The third kappa shape index (κ3) is 4.91. The Morgan fingerprint density at radius 2 is 2.05 bits per heavy atom. The van der Waals surface area contributed by atoms with E-state index in [1.54, 1.807) is 14.2 Å². The second-order valence-corrected chi connectivity index (χ2v) is 5.69. The molecule has 22 heavy (non-hydrogen) atoms. The molecule has 2 rings (SSSR count). The van der Waals surface area contributed by atoms with Gasteiger partial charge in [0.25, 0.3) is 0 Å². The summed E-state index contributed by atoms with van der Waals surface area (Å²) in [4.78, 5) is 12.0. The molecule has 1 amide bonds. The summed E-state index contributed by atoms with van der Waals surface area (Å²) in [6.45, 7) is 2.62. The summed E-state index contributed by atoms with van der Waals surface area (Å²) in [5, 5.41) is 6.32. The van der Waals surface area contributed by atoms with E-state index in [0.717, 1.165) is 36.6 Å². The lowest BCUT2D eigenvalue weighted by Crippen LogP contribution is -2.29. The predicted molar refractivity (Wildman–Crippen MR) is 86.2 cm³/mol. The van der Waals surface area contributed by atoms with Crippen molar-refractivity contribution in [3.63, 3.8) is 0 Å². The zero-order valence-electron chi connectivity index (χ0n) is 13.5. The standard InChI is InChI=1S/C17H26N2O3/c1-21-15-4-5-16(22-2)14(11-15)12-19-17(20)6-3-13-7-9-18-10-8-13/h4-5,11,13,18H,3,6-10,12H2,1-2H3,(H,19,20). The Labute approximate surface area is 132 Å². The first-order chi connectivity index (χ1) is 10.7. The van der Waals surface area contributed by atoms with E-state index in [1.165, 1.54) is 12.8 Å². The minimum Gasteiger partial charge on any atom is -0.497 e. The molecule has 1 aromatic carbocycles. The molecular weight excluding hydrogens is 280 g/mol. The fraction of sp³-hybridized carbons (Fsp3) is 0.588. The van der Waals surface area contributed by atoms with Gasteiger partial charge in [-0.15, -0.1) is 0 Å². The van der Waals surface area contributed by atoms with Crippen molar-refractivity contribution in [2.75, 3.05) is 27.3 Å². The first kappa shape index (κ1) is 16.6. The molecule has 1 fully saturated rings. The van der Waals surface area contributed by atoms with Crippen molar-refractivity contribution in [1.82, 2.24) is 10.6 Å². The van der Waals surface area contributed by atoms with Crippen molar-refractivity contribution in [1.29, 1.82) is 0 Å². The van der Waals surface area contributed by atoms with Crippen LogP contribution in [0.25, 0.3) is 0 Å². The number of amides is 1. The van der Waals surface area contributed by atoms with Crippen LogP contribution in [0, 0.1) is 5.92 Å². The number of carbonyl (C=O) groups excluding carboxylic acids is 1. The normalized spacial score (nSPS) is 15.4. The highest BCUT2D eigenvalue weighted by atomic mass is 16.5. The number of methoxy groups -OCH3 is 2. The second-order valence-electron chi connectivity index (χ2n) is 5.69. The number of carbonyl (C=O) groups is 1. The highest BCUT2D eigenvalue weighted by molar-refractivity contribution is 5.75. The van der Waals surface area contributed by atoms with E-state index in [9.17, 15) is 4.79 Å². The third-order valence-electron chi connectivity index (χ3n) is 4.20. The number of rotatable bonds is 7. The molecule has 1 heterocycles. The smallest absolute Gasteiger partial charge is 0.220 e. The van der Waals surface area contributed by atoms with Crippen LogP contribution >= 0.6 is 0 Å². The van der Waals surface area contributed by atoms with Gasteiger partial charge in [-0.2, -0.15) is 0 Å². The van der Waals surface area contributed by atoms with Gasteiger partial charge in [-0.1, -0.05) is 0 Å². The van der Waals surface area contributed by atoms with E-state index in [2.05, 4.69) is 10.6 Å². The van der Waals surface area contributed by atoms with E-state index in [0.29, 0.717) is 18.9 Å². The predicted octanol–water partition coefficient (Wildman–Crippen LogP) is 2.10. The van der Waals surface area contributed by atoms with Crippen molar-refractivity contribution in [2.24, 2.45) is 5.92 Å². The zero-order chi connectivity index (χ0) is 15.8. The Morgan fingerprint density at radius 3 is 2.73 bits per heavy atom. The summed E-state index contributed by atoms with van der Waals surface area (Å²) in [6.07, 6.45) is 3.92. The summed E-state index contributed by atoms with van der Waals surface area (Å²) >= 11 is 0. The summed E-state index contributed by atoms with van der Waals surface area (Å²) in [5.74, 6) is 2.31. The molecule has 122 valence electrons. The molecule has 2 N–H and O–H groups in total. The lowest BCUT2D eigenvalue weighted by Gasteiger charge is -2.22. The van der Waals surface area contributed by atoms with Crippen molar-refractivity contribution in [3.8, 4) is 11.5 Å². The molecule has 5 nitrogen and oxygen atoms in total. The molecule has 1 aromatic rings. The maximum absolute atomic E-state index is 12.0. The van der Waals surface area contributed by atoms with Crippen LogP contribution in [-0.2, 0) is 11.3 Å². The summed E-state index contributed by atoms with van der Waals surface area (Å²) < 4.78 is 10.5. The maximum atomic E-state index is 12.0. The van der Waals surface area contributed by atoms with Crippen LogP contribution in [0.2, 0.25) is 0 Å². The molecule has 0 bridgehead atoms. The fourth-order valence-electron chi connectivity index (χ4n) is 2.81. The van der Waals surface area contributed by atoms with Crippen molar-refractivity contribution in [3.05, 3.63) is 23.8 Å². The second kappa shape index (κ2) is 8.63. The Hall–Kier alpha value is -1.75.